The second-order valence-corrected chi connectivity index (χ2v) is 6.72. The van der Waals surface area contributed by atoms with Crippen LogP contribution in [0.2, 0.25) is 0 Å². The lowest BCUT2D eigenvalue weighted by Gasteiger charge is -2.23. The highest BCUT2D eigenvalue weighted by atomic mass is 19.1. The molecule has 5 nitrogen and oxygen atoms in total. The minimum atomic E-state index is -0.889. The maximum absolute atomic E-state index is 12.9. The average Bonchev–Trinajstić information content (AvgIpc) is 3.23. The third-order valence-electron chi connectivity index (χ3n) is 5.38. The number of hydrogen-bond donors (Lipinski definition) is 1. The predicted molar refractivity (Wildman–Crippen MR) is 84.1 cm³/mol. The van der Waals surface area contributed by atoms with Crippen LogP contribution in [0.25, 0.3) is 0 Å². The molecule has 0 unspecified atom stereocenters. The van der Waals surface area contributed by atoms with Crippen LogP contribution in [0.3, 0.4) is 0 Å². The molecule has 1 heterocycles. The minimum absolute atomic E-state index is 0.119. The van der Waals surface area contributed by atoms with Crippen molar-refractivity contribution in [2.75, 3.05) is 5.32 Å². The fourth-order valence-corrected chi connectivity index (χ4v) is 4.20. The summed E-state index contributed by atoms with van der Waals surface area (Å²) in [4.78, 5) is 38.9. The summed E-state index contributed by atoms with van der Waals surface area (Å²) in [5.74, 6) is -1.73. The fraction of sp³-hybridized carbons (Fsp3) is 0.389. The number of benzene rings is 1. The van der Waals surface area contributed by atoms with E-state index in [0.717, 1.165) is 11.3 Å². The molecule has 4 rings (SSSR count). The Balaban J connectivity index is 1.51. The first kappa shape index (κ1) is 15.1. The monoisotopic (exact) mass is 328 g/mol. The fourth-order valence-electron chi connectivity index (χ4n) is 4.20. The van der Waals surface area contributed by atoms with Gasteiger partial charge in [-0.2, -0.15) is 0 Å². The molecule has 6 heteroatoms. The smallest absolute Gasteiger partial charge is 0.247 e. The molecular weight excluding hydrogens is 311 g/mol. The van der Waals surface area contributed by atoms with Gasteiger partial charge >= 0.3 is 0 Å². The van der Waals surface area contributed by atoms with Crippen LogP contribution in [0.4, 0.5) is 10.1 Å². The van der Waals surface area contributed by atoms with Gasteiger partial charge in [0.05, 0.1) is 11.8 Å². The van der Waals surface area contributed by atoms with E-state index < -0.39 is 17.8 Å². The summed E-state index contributed by atoms with van der Waals surface area (Å²) in [7, 11) is 0. The van der Waals surface area contributed by atoms with E-state index in [2.05, 4.69) is 5.32 Å². The third kappa shape index (κ3) is 2.09. The van der Waals surface area contributed by atoms with Crippen molar-refractivity contribution in [3.63, 3.8) is 0 Å². The molecule has 24 heavy (non-hydrogen) atoms. The van der Waals surface area contributed by atoms with Gasteiger partial charge in [0.2, 0.25) is 17.7 Å². The number of halogens is 1. The first-order chi connectivity index (χ1) is 11.5. The molecule has 124 valence electrons. The molecule has 1 aromatic carbocycles. The summed E-state index contributed by atoms with van der Waals surface area (Å²) < 4.78 is 12.9. The first-order valence-electron chi connectivity index (χ1n) is 8.09. The molecule has 0 radical (unpaired) electrons. The SMILES string of the molecule is C[C@H](C(=O)Nc1ccc(F)cc1)N1C(=O)[C@H]2[C@H](C1=O)[C@H]1C=C[C@H]2C1. The number of rotatable bonds is 3. The topological polar surface area (TPSA) is 66.5 Å². The zero-order valence-corrected chi connectivity index (χ0v) is 13.1. The molecule has 2 fully saturated rings. The number of carbonyl (C=O) groups excluding carboxylic acids is 3. The number of amides is 3. The molecule has 1 aliphatic heterocycles. The third-order valence-corrected chi connectivity index (χ3v) is 5.38. The minimum Gasteiger partial charge on any atom is -0.324 e. The lowest BCUT2D eigenvalue weighted by atomic mass is 9.85. The zero-order valence-electron chi connectivity index (χ0n) is 13.1. The van der Waals surface area contributed by atoms with Gasteiger partial charge in [-0.15, -0.1) is 0 Å². The number of nitrogens with one attached hydrogen (secondary N) is 1. The van der Waals surface area contributed by atoms with E-state index in [1.807, 2.05) is 12.2 Å². The largest absolute Gasteiger partial charge is 0.324 e. The van der Waals surface area contributed by atoms with Gasteiger partial charge in [-0.1, -0.05) is 12.2 Å². The second-order valence-electron chi connectivity index (χ2n) is 6.72. The Morgan fingerprint density at radius 2 is 1.67 bits per heavy atom. The highest BCUT2D eigenvalue weighted by Gasteiger charge is 2.60. The van der Waals surface area contributed by atoms with Gasteiger partial charge in [-0.3, -0.25) is 19.3 Å². The number of fused-ring (bicyclic) bond motifs is 5. The Kier molecular flexibility index (Phi) is 3.30. The molecule has 0 spiro atoms. The van der Waals surface area contributed by atoms with E-state index in [4.69, 9.17) is 0 Å². The van der Waals surface area contributed by atoms with Crippen LogP contribution in [0, 0.1) is 29.5 Å². The molecule has 0 aromatic heterocycles. The molecule has 5 atom stereocenters. The maximum atomic E-state index is 12.9. The Hall–Kier alpha value is -2.50. The van der Waals surface area contributed by atoms with E-state index >= 15 is 0 Å². The predicted octanol–water partition coefficient (Wildman–Crippen LogP) is 1.96. The average molecular weight is 328 g/mol. The number of likely N-dealkylation sites (tertiary alicyclic amines) is 1. The highest BCUT2D eigenvalue weighted by molar-refractivity contribution is 6.10. The van der Waals surface area contributed by atoms with Crippen molar-refractivity contribution < 1.29 is 18.8 Å². The quantitative estimate of drug-likeness (QED) is 0.681. The van der Waals surface area contributed by atoms with Gasteiger partial charge in [0.15, 0.2) is 0 Å². The molecule has 3 aliphatic rings. The molecular formula is C18H17FN2O3. The van der Waals surface area contributed by atoms with Crippen molar-refractivity contribution in [2.45, 2.75) is 19.4 Å². The van der Waals surface area contributed by atoms with Crippen LogP contribution < -0.4 is 5.32 Å². The van der Waals surface area contributed by atoms with E-state index in [9.17, 15) is 18.8 Å². The van der Waals surface area contributed by atoms with Crippen molar-refractivity contribution in [2.24, 2.45) is 23.7 Å². The number of carbonyl (C=O) groups is 3. The van der Waals surface area contributed by atoms with Crippen LogP contribution in [0.1, 0.15) is 13.3 Å². The standard InChI is InChI=1S/C18H17FN2O3/c1-9(16(22)20-13-6-4-12(19)5-7-13)21-17(23)14-10-2-3-11(8-10)15(14)18(21)24/h2-7,9-11,14-15H,8H2,1H3,(H,20,22)/t9-,10+,11+,14-,15-/m1/s1. The van der Waals surface area contributed by atoms with Crippen LogP contribution >= 0.6 is 0 Å². The van der Waals surface area contributed by atoms with E-state index in [1.165, 1.54) is 24.3 Å². The van der Waals surface area contributed by atoms with E-state index in [-0.39, 0.29) is 35.5 Å². The lowest BCUT2D eigenvalue weighted by Crippen LogP contribution is -2.46. The Morgan fingerprint density at radius 1 is 1.12 bits per heavy atom. The van der Waals surface area contributed by atoms with Crippen molar-refractivity contribution in [1.82, 2.24) is 4.90 Å². The number of allylic oxidation sites excluding steroid dienone is 2. The van der Waals surface area contributed by atoms with Crippen molar-refractivity contribution >= 4 is 23.4 Å². The van der Waals surface area contributed by atoms with Gasteiger partial charge < -0.3 is 5.32 Å². The molecule has 2 aliphatic carbocycles. The van der Waals surface area contributed by atoms with Gasteiger partial charge in [-0.05, 0) is 49.4 Å². The summed E-state index contributed by atoms with van der Waals surface area (Å²) in [5.41, 5.74) is 0.425. The summed E-state index contributed by atoms with van der Waals surface area (Å²) in [5, 5.41) is 2.62. The van der Waals surface area contributed by atoms with Gasteiger partial charge in [0.1, 0.15) is 11.9 Å². The number of nitrogens with zero attached hydrogens (tertiary/aromatic N) is 1. The summed E-state index contributed by atoms with van der Waals surface area (Å²) in [6.07, 6.45) is 4.89. The van der Waals surface area contributed by atoms with Crippen molar-refractivity contribution in [1.29, 1.82) is 0 Å². The second kappa shape index (κ2) is 5.26. The molecule has 3 amide bonds. The molecule has 1 saturated heterocycles. The number of anilines is 1. The van der Waals surface area contributed by atoms with Crippen LogP contribution in [0.15, 0.2) is 36.4 Å². The summed E-state index contributed by atoms with van der Waals surface area (Å²) >= 11 is 0. The first-order valence-corrected chi connectivity index (χ1v) is 8.09. The summed E-state index contributed by atoms with van der Waals surface area (Å²) in [6, 6.07) is 4.46. The van der Waals surface area contributed by atoms with Crippen molar-refractivity contribution in [3.8, 4) is 0 Å². The highest BCUT2D eigenvalue weighted by Crippen LogP contribution is 2.52. The van der Waals surface area contributed by atoms with Crippen LogP contribution in [-0.4, -0.2) is 28.7 Å². The number of imide groups is 1. The Morgan fingerprint density at radius 3 is 2.21 bits per heavy atom. The van der Waals surface area contributed by atoms with Crippen LogP contribution in [-0.2, 0) is 14.4 Å². The normalized spacial score (nSPS) is 31.5. The molecule has 1 saturated carbocycles. The lowest BCUT2D eigenvalue weighted by molar-refractivity contribution is -0.146. The van der Waals surface area contributed by atoms with Crippen molar-refractivity contribution in [3.05, 3.63) is 42.2 Å². The van der Waals surface area contributed by atoms with Gasteiger partial charge in [0.25, 0.3) is 0 Å². The Bertz CT molecular complexity index is 728. The Labute approximate surface area is 138 Å². The zero-order chi connectivity index (χ0) is 17.0. The van der Waals surface area contributed by atoms with Gasteiger partial charge in [-0.25, -0.2) is 4.39 Å². The molecule has 1 aromatic rings. The maximum Gasteiger partial charge on any atom is 0.247 e. The summed E-state index contributed by atoms with van der Waals surface area (Å²) in [6.45, 7) is 1.55. The van der Waals surface area contributed by atoms with Crippen LogP contribution in [0.5, 0.6) is 0 Å². The van der Waals surface area contributed by atoms with E-state index in [0.29, 0.717) is 5.69 Å². The molecule has 1 N–H and O–H groups in total. The van der Waals surface area contributed by atoms with Gasteiger partial charge in [0, 0.05) is 5.69 Å². The van der Waals surface area contributed by atoms with E-state index in [1.54, 1.807) is 6.92 Å². The number of hydrogen-bond acceptors (Lipinski definition) is 3. The molecule has 2 bridgehead atoms.